The molecule has 1 saturated heterocycles. The fourth-order valence-electron chi connectivity index (χ4n) is 1.69. The molecule has 1 aromatic rings. The summed E-state index contributed by atoms with van der Waals surface area (Å²) in [5, 5.41) is 7.59. The zero-order valence-corrected chi connectivity index (χ0v) is 9.59. The van der Waals surface area contributed by atoms with Crippen LogP contribution in [0.2, 0.25) is 0 Å². The molecule has 1 fully saturated rings. The summed E-state index contributed by atoms with van der Waals surface area (Å²) in [6.07, 6.45) is 0.0608. The van der Waals surface area contributed by atoms with Gasteiger partial charge in [-0.3, -0.25) is 4.79 Å². The van der Waals surface area contributed by atoms with Gasteiger partial charge in [-0.2, -0.15) is 0 Å². The maximum atomic E-state index is 12.1. The summed E-state index contributed by atoms with van der Waals surface area (Å²) >= 11 is 0. The Labute approximate surface area is 98.9 Å². The van der Waals surface area contributed by atoms with Gasteiger partial charge in [0, 0.05) is 13.1 Å². The number of carbonyl (C=O) groups excluding carboxylic acids is 1. The van der Waals surface area contributed by atoms with Crippen molar-refractivity contribution in [2.24, 2.45) is 5.84 Å². The number of hydrogen-bond donors (Lipinski definition) is 2. The van der Waals surface area contributed by atoms with E-state index in [4.69, 9.17) is 10.6 Å². The van der Waals surface area contributed by atoms with E-state index in [0.717, 1.165) is 0 Å². The highest BCUT2D eigenvalue weighted by Gasteiger charge is 2.23. The Bertz CT molecular complexity index is 394. The van der Waals surface area contributed by atoms with Crippen LogP contribution in [-0.4, -0.2) is 46.8 Å². The second kappa shape index (κ2) is 5.07. The molecule has 0 aliphatic carbocycles. The molecule has 1 aliphatic heterocycles. The van der Waals surface area contributed by atoms with Crippen molar-refractivity contribution < 1.29 is 9.53 Å². The molecule has 3 N–H and O–H groups in total. The Balaban J connectivity index is 2.07. The van der Waals surface area contributed by atoms with Crippen molar-refractivity contribution in [1.29, 1.82) is 0 Å². The Kier molecular flexibility index (Phi) is 3.50. The highest BCUT2D eigenvalue weighted by Crippen LogP contribution is 2.09. The summed E-state index contributed by atoms with van der Waals surface area (Å²) in [4.78, 5) is 13.8. The number of aromatic nitrogens is 2. The van der Waals surface area contributed by atoms with Gasteiger partial charge in [0.25, 0.3) is 5.91 Å². The van der Waals surface area contributed by atoms with Crippen LogP contribution < -0.4 is 11.3 Å². The van der Waals surface area contributed by atoms with Gasteiger partial charge >= 0.3 is 0 Å². The lowest BCUT2D eigenvalue weighted by molar-refractivity contribution is -0.0126. The third kappa shape index (κ3) is 2.69. The predicted octanol–water partition coefficient (Wildman–Crippen LogP) is -0.377. The minimum absolute atomic E-state index is 0.0608. The molecule has 1 aliphatic rings. The number of nitrogens with one attached hydrogen (secondary N) is 1. The predicted molar refractivity (Wildman–Crippen MR) is 61.2 cm³/mol. The lowest BCUT2D eigenvalue weighted by Crippen LogP contribution is -2.44. The number of carbonyl (C=O) groups is 1. The number of hydrazine groups is 1. The van der Waals surface area contributed by atoms with Crippen molar-refractivity contribution in [3.05, 3.63) is 17.8 Å². The number of ether oxygens (including phenoxy) is 1. The maximum absolute atomic E-state index is 12.1. The van der Waals surface area contributed by atoms with E-state index in [0.29, 0.717) is 31.2 Å². The number of nitrogens with two attached hydrogens (primary N) is 1. The number of hydrogen-bond acceptors (Lipinski definition) is 6. The molecule has 2 rings (SSSR count). The van der Waals surface area contributed by atoms with E-state index in [1.54, 1.807) is 17.0 Å². The molecule has 1 unspecified atom stereocenters. The highest BCUT2D eigenvalue weighted by atomic mass is 16.5. The molecule has 1 aromatic heterocycles. The largest absolute Gasteiger partial charge is 0.375 e. The van der Waals surface area contributed by atoms with Crippen molar-refractivity contribution in [1.82, 2.24) is 15.1 Å². The van der Waals surface area contributed by atoms with Gasteiger partial charge in [-0.25, -0.2) is 5.84 Å². The van der Waals surface area contributed by atoms with Crippen LogP contribution in [0.1, 0.15) is 17.4 Å². The van der Waals surface area contributed by atoms with Crippen LogP contribution in [0.3, 0.4) is 0 Å². The van der Waals surface area contributed by atoms with Crippen LogP contribution in [0.15, 0.2) is 12.1 Å². The van der Waals surface area contributed by atoms with Crippen LogP contribution in [0, 0.1) is 0 Å². The first-order valence-corrected chi connectivity index (χ1v) is 5.42. The van der Waals surface area contributed by atoms with E-state index in [2.05, 4.69) is 15.6 Å². The van der Waals surface area contributed by atoms with Crippen molar-refractivity contribution >= 4 is 11.7 Å². The van der Waals surface area contributed by atoms with E-state index >= 15 is 0 Å². The Morgan fingerprint density at radius 2 is 2.41 bits per heavy atom. The Hall–Kier alpha value is -1.73. The van der Waals surface area contributed by atoms with Gasteiger partial charge in [0.05, 0.1) is 12.7 Å². The molecule has 92 valence electrons. The number of anilines is 1. The average molecular weight is 237 g/mol. The van der Waals surface area contributed by atoms with Gasteiger partial charge in [0.2, 0.25) is 0 Å². The molecule has 1 atom stereocenters. The van der Waals surface area contributed by atoms with Crippen LogP contribution in [0.4, 0.5) is 5.82 Å². The number of nitrogens with zero attached hydrogens (tertiary/aromatic N) is 3. The molecule has 0 radical (unpaired) electrons. The molecule has 0 spiro atoms. The monoisotopic (exact) mass is 237 g/mol. The Morgan fingerprint density at radius 1 is 1.59 bits per heavy atom. The summed E-state index contributed by atoms with van der Waals surface area (Å²) in [6, 6.07) is 3.22. The van der Waals surface area contributed by atoms with Crippen molar-refractivity contribution in [2.45, 2.75) is 13.0 Å². The fourth-order valence-corrected chi connectivity index (χ4v) is 1.69. The standard InChI is InChI=1S/C10H15N5O2/c1-7-6-15(4-5-17-7)10(16)8-2-3-9(12-11)14-13-8/h2-3,7H,4-6,11H2,1H3,(H,12,14). The van der Waals surface area contributed by atoms with Gasteiger partial charge in [-0.05, 0) is 19.1 Å². The molecule has 7 heteroatoms. The first kappa shape index (κ1) is 11.7. The van der Waals surface area contributed by atoms with Crippen molar-refractivity contribution in [3.63, 3.8) is 0 Å². The van der Waals surface area contributed by atoms with Gasteiger partial charge in [-0.15, -0.1) is 10.2 Å². The van der Waals surface area contributed by atoms with Crippen LogP contribution in [0.25, 0.3) is 0 Å². The quantitative estimate of drug-likeness (QED) is 0.538. The van der Waals surface area contributed by atoms with E-state index < -0.39 is 0 Å². The van der Waals surface area contributed by atoms with E-state index in [-0.39, 0.29) is 12.0 Å². The van der Waals surface area contributed by atoms with E-state index in [1.807, 2.05) is 6.92 Å². The summed E-state index contributed by atoms with van der Waals surface area (Å²) in [5.41, 5.74) is 2.68. The number of rotatable bonds is 2. The summed E-state index contributed by atoms with van der Waals surface area (Å²) in [5.74, 6) is 5.47. The molecule has 17 heavy (non-hydrogen) atoms. The van der Waals surface area contributed by atoms with Crippen LogP contribution >= 0.6 is 0 Å². The second-order valence-corrected chi connectivity index (χ2v) is 3.88. The van der Waals surface area contributed by atoms with Crippen molar-refractivity contribution in [2.75, 3.05) is 25.1 Å². The SMILES string of the molecule is CC1CN(C(=O)c2ccc(NN)nn2)CCO1. The molecular formula is C10H15N5O2. The smallest absolute Gasteiger partial charge is 0.274 e. The van der Waals surface area contributed by atoms with Gasteiger partial charge in [0.1, 0.15) is 0 Å². The van der Waals surface area contributed by atoms with Gasteiger partial charge in [-0.1, -0.05) is 0 Å². The zero-order valence-electron chi connectivity index (χ0n) is 9.59. The molecule has 7 nitrogen and oxygen atoms in total. The van der Waals surface area contributed by atoms with E-state index in [9.17, 15) is 4.79 Å². The normalized spacial score (nSPS) is 20.1. The Morgan fingerprint density at radius 3 is 3.00 bits per heavy atom. The van der Waals surface area contributed by atoms with Crippen LogP contribution in [-0.2, 0) is 4.74 Å². The minimum Gasteiger partial charge on any atom is -0.375 e. The zero-order chi connectivity index (χ0) is 12.3. The van der Waals surface area contributed by atoms with Gasteiger partial charge in [0.15, 0.2) is 11.5 Å². The van der Waals surface area contributed by atoms with E-state index in [1.165, 1.54) is 0 Å². The number of nitrogen functional groups attached to an aromatic ring is 1. The third-order valence-corrected chi connectivity index (χ3v) is 2.56. The molecular weight excluding hydrogens is 222 g/mol. The third-order valence-electron chi connectivity index (χ3n) is 2.56. The topological polar surface area (TPSA) is 93.4 Å². The fraction of sp³-hybridized carbons (Fsp3) is 0.500. The maximum Gasteiger partial charge on any atom is 0.274 e. The molecule has 2 heterocycles. The average Bonchev–Trinajstić information content (AvgIpc) is 2.38. The molecule has 1 amide bonds. The second-order valence-electron chi connectivity index (χ2n) is 3.88. The lowest BCUT2D eigenvalue weighted by atomic mass is 10.2. The molecule has 0 aromatic carbocycles. The molecule has 0 bridgehead atoms. The number of amides is 1. The summed E-state index contributed by atoms with van der Waals surface area (Å²) < 4.78 is 5.37. The molecule has 0 saturated carbocycles. The van der Waals surface area contributed by atoms with Crippen molar-refractivity contribution in [3.8, 4) is 0 Å². The highest BCUT2D eigenvalue weighted by molar-refractivity contribution is 5.92. The first-order chi connectivity index (χ1) is 8.20. The van der Waals surface area contributed by atoms with Crippen LogP contribution in [0.5, 0.6) is 0 Å². The first-order valence-electron chi connectivity index (χ1n) is 5.42. The minimum atomic E-state index is -0.128. The summed E-state index contributed by atoms with van der Waals surface area (Å²) in [6.45, 7) is 3.66. The van der Waals surface area contributed by atoms with Gasteiger partial charge < -0.3 is 15.1 Å². The lowest BCUT2D eigenvalue weighted by Gasteiger charge is -2.30. The number of morpholine rings is 1. The summed E-state index contributed by atoms with van der Waals surface area (Å²) in [7, 11) is 0.